The van der Waals surface area contributed by atoms with Crippen molar-refractivity contribution in [1.82, 2.24) is 4.90 Å². The highest BCUT2D eigenvalue weighted by molar-refractivity contribution is 9.10. The Morgan fingerprint density at radius 1 is 1.06 bits per heavy atom. The molecule has 6 nitrogen and oxygen atoms in total. The van der Waals surface area contributed by atoms with Crippen molar-refractivity contribution >= 4 is 38.6 Å². The smallest absolute Gasteiger partial charge is 0.290 e. The molecule has 0 saturated heterocycles. The molecular weight excluding hydrogens is 498 g/mol. The van der Waals surface area contributed by atoms with Crippen molar-refractivity contribution in [3.05, 3.63) is 112 Å². The number of halogens is 1. The lowest BCUT2D eigenvalue weighted by molar-refractivity contribution is -0.130. The highest BCUT2D eigenvalue weighted by Gasteiger charge is 2.44. The SMILES string of the molecule is COc1ccccc1CN1C(=O)C(O)=C(C(=O)c2cc3cc(Br)ccc3o2)C1c1ccccc1. The van der Waals surface area contributed by atoms with Crippen molar-refractivity contribution in [1.29, 1.82) is 0 Å². The van der Waals surface area contributed by atoms with Gasteiger partial charge in [0.05, 0.1) is 25.3 Å². The van der Waals surface area contributed by atoms with Crippen LogP contribution in [0, 0.1) is 0 Å². The Morgan fingerprint density at radius 2 is 1.79 bits per heavy atom. The van der Waals surface area contributed by atoms with Crippen molar-refractivity contribution < 1.29 is 23.8 Å². The number of amides is 1. The van der Waals surface area contributed by atoms with Crippen molar-refractivity contribution in [3.63, 3.8) is 0 Å². The molecule has 7 heteroatoms. The number of aliphatic hydroxyl groups is 1. The Kier molecular flexibility index (Phi) is 5.71. The highest BCUT2D eigenvalue weighted by Crippen LogP contribution is 2.41. The summed E-state index contributed by atoms with van der Waals surface area (Å²) in [6.07, 6.45) is 0. The number of nitrogens with zero attached hydrogens (tertiary/aromatic N) is 1. The van der Waals surface area contributed by atoms with Gasteiger partial charge in [-0.15, -0.1) is 0 Å². The number of fused-ring (bicyclic) bond motifs is 1. The monoisotopic (exact) mass is 517 g/mol. The molecule has 0 saturated carbocycles. The van der Waals surface area contributed by atoms with Crippen LogP contribution in [-0.4, -0.2) is 28.8 Å². The van der Waals surface area contributed by atoms with E-state index in [1.165, 1.54) is 4.90 Å². The molecule has 1 atom stereocenters. The Morgan fingerprint density at radius 3 is 2.56 bits per heavy atom. The molecule has 3 aromatic carbocycles. The summed E-state index contributed by atoms with van der Waals surface area (Å²) in [5.41, 5.74) is 1.99. The molecule has 0 fully saturated rings. The van der Waals surface area contributed by atoms with Gasteiger partial charge in [-0.1, -0.05) is 64.5 Å². The molecule has 170 valence electrons. The summed E-state index contributed by atoms with van der Waals surface area (Å²) < 4.78 is 12.1. The quantitative estimate of drug-likeness (QED) is 0.318. The topological polar surface area (TPSA) is 80.0 Å². The van der Waals surface area contributed by atoms with Gasteiger partial charge in [-0.05, 0) is 35.9 Å². The largest absolute Gasteiger partial charge is 0.503 e. The van der Waals surface area contributed by atoms with Gasteiger partial charge in [0.1, 0.15) is 11.3 Å². The average Bonchev–Trinajstić information content (AvgIpc) is 3.38. The fourth-order valence-corrected chi connectivity index (χ4v) is 4.69. The van der Waals surface area contributed by atoms with Crippen LogP contribution >= 0.6 is 15.9 Å². The highest BCUT2D eigenvalue weighted by atomic mass is 79.9. The molecule has 34 heavy (non-hydrogen) atoms. The number of hydrogen-bond donors (Lipinski definition) is 1. The van der Waals surface area contributed by atoms with Crippen LogP contribution in [0.1, 0.15) is 27.7 Å². The normalized spacial score (nSPS) is 15.9. The molecule has 1 aliphatic heterocycles. The lowest BCUT2D eigenvalue weighted by Crippen LogP contribution is -2.30. The second-order valence-corrected chi connectivity index (χ2v) is 8.86. The first-order valence-corrected chi connectivity index (χ1v) is 11.4. The van der Waals surface area contributed by atoms with Crippen LogP contribution in [0.3, 0.4) is 0 Å². The van der Waals surface area contributed by atoms with Crippen LogP contribution in [0.25, 0.3) is 11.0 Å². The van der Waals surface area contributed by atoms with E-state index >= 15 is 0 Å². The van der Waals surface area contributed by atoms with Crippen molar-refractivity contribution in [3.8, 4) is 5.75 Å². The summed E-state index contributed by atoms with van der Waals surface area (Å²) >= 11 is 3.42. The maximum absolute atomic E-state index is 13.6. The van der Waals surface area contributed by atoms with Gasteiger partial charge in [-0.25, -0.2) is 0 Å². The lowest BCUT2D eigenvalue weighted by atomic mass is 9.95. The molecule has 0 bridgehead atoms. The van der Waals surface area contributed by atoms with Gasteiger partial charge >= 0.3 is 0 Å². The van der Waals surface area contributed by atoms with Gasteiger partial charge in [0.2, 0.25) is 5.78 Å². The second-order valence-electron chi connectivity index (χ2n) is 7.94. The zero-order valence-corrected chi connectivity index (χ0v) is 19.8. The lowest BCUT2D eigenvalue weighted by Gasteiger charge is -2.27. The molecule has 4 aromatic rings. The Balaban J connectivity index is 1.59. The summed E-state index contributed by atoms with van der Waals surface area (Å²) in [7, 11) is 1.56. The van der Waals surface area contributed by atoms with Crippen LogP contribution in [-0.2, 0) is 11.3 Å². The van der Waals surface area contributed by atoms with Crippen molar-refractivity contribution in [2.45, 2.75) is 12.6 Å². The van der Waals surface area contributed by atoms with Gasteiger partial charge in [-0.2, -0.15) is 0 Å². The fourth-order valence-electron chi connectivity index (χ4n) is 4.31. The Hall–Kier alpha value is -3.84. The first-order valence-electron chi connectivity index (χ1n) is 10.6. The first kappa shape index (κ1) is 22.0. The molecule has 2 heterocycles. The minimum Gasteiger partial charge on any atom is -0.503 e. The third-order valence-electron chi connectivity index (χ3n) is 5.90. The number of ketones is 1. The minimum absolute atomic E-state index is 0.00998. The first-order chi connectivity index (χ1) is 16.5. The number of Topliss-reactive ketones (excluding diaryl/α,β-unsaturated/α-hetero) is 1. The predicted octanol–water partition coefficient (Wildman–Crippen LogP) is 5.98. The molecule has 0 aliphatic carbocycles. The molecule has 1 unspecified atom stereocenters. The third-order valence-corrected chi connectivity index (χ3v) is 6.39. The summed E-state index contributed by atoms with van der Waals surface area (Å²) in [4.78, 5) is 28.4. The van der Waals surface area contributed by atoms with E-state index in [1.807, 2.05) is 60.7 Å². The summed E-state index contributed by atoms with van der Waals surface area (Å²) in [6.45, 7) is 0.149. The molecule has 5 rings (SSSR count). The molecule has 1 N–H and O–H groups in total. The number of benzene rings is 3. The van der Waals surface area contributed by atoms with E-state index in [4.69, 9.17) is 9.15 Å². The standard InChI is InChI=1S/C27H20BrNO5/c1-33-20-10-6-5-9-17(20)15-29-24(16-7-3-2-4-8-16)23(26(31)27(29)32)25(30)22-14-18-13-19(28)11-12-21(18)34-22/h2-14,24,31H,15H2,1H3. The molecule has 1 aromatic heterocycles. The van der Waals surface area contributed by atoms with Gasteiger partial charge in [-0.3, -0.25) is 9.59 Å². The van der Waals surface area contributed by atoms with Gasteiger partial charge in [0.15, 0.2) is 11.5 Å². The fraction of sp³-hybridized carbons (Fsp3) is 0.111. The van der Waals surface area contributed by atoms with Crippen LogP contribution < -0.4 is 4.74 Å². The van der Waals surface area contributed by atoms with Crippen LogP contribution in [0.2, 0.25) is 0 Å². The zero-order chi connectivity index (χ0) is 23.8. The molecular formula is C27H20BrNO5. The molecule has 0 radical (unpaired) electrons. The Bertz CT molecular complexity index is 1440. The number of rotatable bonds is 6. The van der Waals surface area contributed by atoms with Crippen molar-refractivity contribution in [2.75, 3.05) is 7.11 Å². The average molecular weight is 518 g/mol. The van der Waals surface area contributed by atoms with E-state index in [9.17, 15) is 14.7 Å². The summed E-state index contributed by atoms with van der Waals surface area (Å²) in [6, 6.07) is 22.8. The van der Waals surface area contributed by atoms with Gasteiger partial charge in [0.25, 0.3) is 5.91 Å². The maximum Gasteiger partial charge on any atom is 0.290 e. The summed E-state index contributed by atoms with van der Waals surface area (Å²) in [5, 5.41) is 11.6. The van der Waals surface area contributed by atoms with E-state index in [2.05, 4.69) is 15.9 Å². The number of carbonyl (C=O) groups excluding carboxylic acids is 2. The third kappa shape index (κ3) is 3.78. The zero-order valence-electron chi connectivity index (χ0n) is 18.2. The van der Waals surface area contributed by atoms with E-state index in [0.29, 0.717) is 16.9 Å². The maximum atomic E-state index is 13.6. The van der Waals surface area contributed by atoms with Gasteiger partial charge < -0.3 is 19.2 Å². The molecule has 0 spiro atoms. The number of hydrogen-bond acceptors (Lipinski definition) is 5. The summed E-state index contributed by atoms with van der Waals surface area (Å²) in [5.74, 6) is -1.06. The van der Waals surface area contributed by atoms with Crippen molar-refractivity contribution in [2.24, 2.45) is 0 Å². The van der Waals surface area contributed by atoms with E-state index in [-0.39, 0.29) is 17.9 Å². The number of aliphatic hydroxyl groups excluding tert-OH is 1. The number of para-hydroxylation sites is 1. The Labute approximate surface area is 204 Å². The van der Waals surface area contributed by atoms with E-state index in [0.717, 1.165) is 15.4 Å². The number of furan rings is 1. The second kappa shape index (κ2) is 8.83. The van der Waals surface area contributed by atoms with Crippen LogP contribution in [0.4, 0.5) is 0 Å². The molecule has 1 amide bonds. The van der Waals surface area contributed by atoms with Crippen LogP contribution in [0.5, 0.6) is 5.75 Å². The number of carbonyl (C=O) groups is 2. The van der Waals surface area contributed by atoms with Crippen LogP contribution in [0.15, 0.2) is 99.1 Å². The predicted molar refractivity (Wildman–Crippen MR) is 131 cm³/mol. The van der Waals surface area contributed by atoms with E-state index in [1.54, 1.807) is 25.3 Å². The van der Waals surface area contributed by atoms with E-state index < -0.39 is 23.5 Å². The van der Waals surface area contributed by atoms with Gasteiger partial charge in [0, 0.05) is 15.4 Å². The number of ether oxygens (including phenoxy) is 1. The molecule has 1 aliphatic rings. The number of methoxy groups -OCH3 is 1. The minimum atomic E-state index is -0.786.